The third-order valence-corrected chi connectivity index (χ3v) is 5.80. The molecule has 2 aromatic rings. The molecule has 26 heavy (non-hydrogen) atoms. The van der Waals surface area contributed by atoms with E-state index in [-0.39, 0.29) is 11.6 Å². The van der Waals surface area contributed by atoms with E-state index in [9.17, 15) is 13.9 Å². The normalized spacial score (nSPS) is 21.8. The van der Waals surface area contributed by atoms with Crippen molar-refractivity contribution in [2.45, 2.75) is 50.7 Å². The van der Waals surface area contributed by atoms with Gasteiger partial charge in [0.05, 0.1) is 17.8 Å². The molecule has 2 atom stereocenters. The van der Waals surface area contributed by atoms with Gasteiger partial charge in [0.25, 0.3) is 0 Å². The molecule has 0 radical (unpaired) electrons. The fourth-order valence-electron chi connectivity index (χ4n) is 4.43. The fourth-order valence-corrected chi connectivity index (χ4v) is 4.43. The zero-order valence-corrected chi connectivity index (χ0v) is 15.1. The Hall–Kier alpha value is -1.79. The number of aryl methyl sites for hydroxylation is 1. The van der Waals surface area contributed by atoms with Crippen LogP contribution in [0.15, 0.2) is 18.2 Å². The van der Waals surface area contributed by atoms with Gasteiger partial charge in [-0.1, -0.05) is 6.07 Å². The molecule has 1 aromatic carbocycles. The predicted molar refractivity (Wildman–Crippen MR) is 94.7 cm³/mol. The van der Waals surface area contributed by atoms with E-state index in [2.05, 4.69) is 16.5 Å². The number of hydrogen-bond acceptors (Lipinski definition) is 3. The van der Waals surface area contributed by atoms with E-state index in [4.69, 9.17) is 4.98 Å². The summed E-state index contributed by atoms with van der Waals surface area (Å²) in [6.45, 7) is 1.17. The summed E-state index contributed by atoms with van der Waals surface area (Å²) in [5, 5.41) is 10.5. The van der Waals surface area contributed by atoms with Gasteiger partial charge in [-0.3, -0.25) is 4.90 Å². The number of fused-ring (bicyclic) bond motifs is 1. The summed E-state index contributed by atoms with van der Waals surface area (Å²) in [5.74, 6) is -0.266. The van der Waals surface area contributed by atoms with E-state index in [0.717, 1.165) is 44.1 Å². The monoisotopic (exact) mass is 361 g/mol. The number of imidazole rings is 1. The fraction of sp³-hybridized carbons (Fsp3) is 0.550. The van der Waals surface area contributed by atoms with E-state index >= 15 is 0 Å². The molecule has 0 bridgehead atoms. The lowest BCUT2D eigenvalue weighted by Crippen LogP contribution is -2.30. The molecule has 1 N–H and O–H groups in total. The van der Waals surface area contributed by atoms with Crippen LogP contribution in [0, 0.1) is 11.6 Å². The summed E-state index contributed by atoms with van der Waals surface area (Å²) in [6.07, 6.45) is 5.56. The summed E-state index contributed by atoms with van der Waals surface area (Å²) in [4.78, 5) is 7.09. The van der Waals surface area contributed by atoms with Crippen molar-refractivity contribution in [2.75, 3.05) is 13.1 Å². The average Bonchev–Trinajstić information content (AvgIpc) is 3.19. The molecule has 140 valence electrons. The van der Waals surface area contributed by atoms with E-state index < -0.39 is 17.7 Å². The molecule has 0 amide bonds. The van der Waals surface area contributed by atoms with Crippen LogP contribution < -0.4 is 0 Å². The molecule has 2 heterocycles. The highest BCUT2D eigenvalue weighted by atomic mass is 19.1. The van der Waals surface area contributed by atoms with E-state index in [1.54, 1.807) is 0 Å². The van der Waals surface area contributed by atoms with Crippen molar-refractivity contribution in [3.8, 4) is 0 Å². The van der Waals surface area contributed by atoms with Crippen molar-refractivity contribution < 1.29 is 13.9 Å². The van der Waals surface area contributed by atoms with Crippen LogP contribution in [0.2, 0.25) is 0 Å². The SMILES string of the molecule is Cn1c(C2CCCN2CC(O)c2ccc(F)cc2F)nc2c1CCCC2. The van der Waals surface area contributed by atoms with Crippen molar-refractivity contribution >= 4 is 0 Å². The molecule has 2 aliphatic rings. The minimum atomic E-state index is -0.980. The Morgan fingerprint density at radius 1 is 1.23 bits per heavy atom. The van der Waals surface area contributed by atoms with E-state index in [1.807, 2.05) is 0 Å². The highest BCUT2D eigenvalue weighted by Crippen LogP contribution is 2.35. The van der Waals surface area contributed by atoms with Gasteiger partial charge in [0.15, 0.2) is 0 Å². The summed E-state index contributed by atoms with van der Waals surface area (Å²) in [5.41, 5.74) is 2.70. The third-order valence-electron chi connectivity index (χ3n) is 5.80. The smallest absolute Gasteiger partial charge is 0.131 e. The van der Waals surface area contributed by atoms with Crippen LogP contribution in [-0.4, -0.2) is 32.6 Å². The highest BCUT2D eigenvalue weighted by Gasteiger charge is 2.33. The molecule has 4 nitrogen and oxygen atoms in total. The summed E-state index contributed by atoms with van der Waals surface area (Å²) in [6, 6.07) is 3.49. The molecule has 0 saturated carbocycles. The Kier molecular flexibility index (Phi) is 4.80. The molecule has 6 heteroatoms. The Labute approximate surface area is 152 Å². The summed E-state index contributed by atoms with van der Waals surface area (Å²) < 4.78 is 29.3. The summed E-state index contributed by atoms with van der Waals surface area (Å²) in [7, 11) is 2.08. The molecule has 4 rings (SSSR count). The number of benzene rings is 1. The Morgan fingerprint density at radius 2 is 2.04 bits per heavy atom. The minimum absolute atomic E-state index is 0.142. The molecule has 1 saturated heterocycles. The van der Waals surface area contributed by atoms with Crippen LogP contribution in [0.25, 0.3) is 0 Å². The second-order valence-electron chi connectivity index (χ2n) is 7.46. The highest BCUT2D eigenvalue weighted by molar-refractivity contribution is 5.23. The van der Waals surface area contributed by atoms with Crippen molar-refractivity contribution in [3.05, 3.63) is 52.6 Å². The molecular weight excluding hydrogens is 336 g/mol. The zero-order chi connectivity index (χ0) is 18.3. The quantitative estimate of drug-likeness (QED) is 0.907. The molecule has 1 aliphatic heterocycles. The zero-order valence-electron chi connectivity index (χ0n) is 15.1. The van der Waals surface area contributed by atoms with Crippen LogP contribution in [-0.2, 0) is 19.9 Å². The van der Waals surface area contributed by atoms with Gasteiger partial charge in [0.1, 0.15) is 17.5 Å². The molecule has 2 unspecified atom stereocenters. The Balaban J connectivity index is 1.54. The number of nitrogens with zero attached hydrogens (tertiary/aromatic N) is 3. The van der Waals surface area contributed by atoms with E-state index in [0.29, 0.717) is 6.54 Å². The number of halogens is 2. The topological polar surface area (TPSA) is 41.3 Å². The number of rotatable bonds is 4. The van der Waals surface area contributed by atoms with Crippen molar-refractivity contribution in [1.29, 1.82) is 0 Å². The van der Waals surface area contributed by atoms with Crippen LogP contribution in [0.3, 0.4) is 0 Å². The van der Waals surface area contributed by atoms with Gasteiger partial charge >= 0.3 is 0 Å². The van der Waals surface area contributed by atoms with Gasteiger partial charge in [-0.15, -0.1) is 0 Å². The van der Waals surface area contributed by atoms with Gasteiger partial charge < -0.3 is 9.67 Å². The van der Waals surface area contributed by atoms with E-state index in [1.165, 1.54) is 36.4 Å². The lowest BCUT2D eigenvalue weighted by atomic mass is 10.0. The number of β-amino-alcohol motifs (C(OH)–C–C–N with tert-alkyl or cyclic N) is 1. The van der Waals surface area contributed by atoms with Crippen LogP contribution in [0.4, 0.5) is 8.78 Å². The molecule has 1 aromatic heterocycles. The molecular formula is C20H25F2N3O. The first-order chi connectivity index (χ1) is 12.5. The number of likely N-dealkylation sites (tertiary alicyclic amines) is 1. The lowest BCUT2D eigenvalue weighted by Gasteiger charge is -2.27. The van der Waals surface area contributed by atoms with Crippen molar-refractivity contribution in [3.63, 3.8) is 0 Å². The van der Waals surface area contributed by atoms with Crippen LogP contribution in [0.1, 0.15) is 60.6 Å². The lowest BCUT2D eigenvalue weighted by molar-refractivity contribution is 0.100. The Bertz CT molecular complexity index is 805. The number of aliphatic hydroxyl groups is 1. The molecule has 1 aliphatic carbocycles. The predicted octanol–water partition coefficient (Wildman–Crippen LogP) is 3.45. The maximum absolute atomic E-state index is 14.0. The second-order valence-corrected chi connectivity index (χ2v) is 7.46. The maximum atomic E-state index is 14.0. The third kappa shape index (κ3) is 3.16. The molecule has 0 spiro atoms. The average molecular weight is 361 g/mol. The standard InChI is InChI=1S/C20H25F2N3O/c1-24-17-6-3-2-5-16(17)23-20(24)18-7-4-10-25(18)12-19(26)14-9-8-13(21)11-15(14)22/h8-9,11,18-19,26H,2-7,10,12H2,1H3. The van der Waals surface area contributed by atoms with Gasteiger partial charge in [0.2, 0.25) is 0 Å². The first-order valence-corrected chi connectivity index (χ1v) is 9.46. The first kappa shape index (κ1) is 17.6. The number of hydrogen-bond donors (Lipinski definition) is 1. The minimum Gasteiger partial charge on any atom is -0.387 e. The van der Waals surface area contributed by atoms with Gasteiger partial charge in [-0.05, 0) is 51.1 Å². The first-order valence-electron chi connectivity index (χ1n) is 9.46. The summed E-state index contributed by atoms with van der Waals surface area (Å²) >= 11 is 0. The Morgan fingerprint density at radius 3 is 2.81 bits per heavy atom. The largest absolute Gasteiger partial charge is 0.387 e. The van der Waals surface area contributed by atoms with Crippen molar-refractivity contribution in [1.82, 2.24) is 14.5 Å². The number of aliphatic hydroxyl groups excluding tert-OH is 1. The maximum Gasteiger partial charge on any atom is 0.131 e. The number of aromatic nitrogens is 2. The van der Waals surface area contributed by atoms with Crippen molar-refractivity contribution in [2.24, 2.45) is 7.05 Å². The van der Waals surface area contributed by atoms with Gasteiger partial charge in [-0.25, -0.2) is 13.8 Å². The van der Waals surface area contributed by atoms with Gasteiger partial charge in [-0.2, -0.15) is 0 Å². The molecule has 1 fully saturated rings. The second kappa shape index (κ2) is 7.08. The van der Waals surface area contributed by atoms with Crippen LogP contribution in [0.5, 0.6) is 0 Å². The van der Waals surface area contributed by atoms with Crippen LogP contribution >= 0.6 is 0 Å². The van der Waals surface area contributed by atoms with Gasteiger partial charge in [0, 0.05) is 30.9 Å².